The van der Waals surface area contributed by atoms with E-state index in [9.17, 15) is 8.42 Å². The Kier molecular flexibility index (Phi) is 4.54. The van der Waals surface area contributed by atoms with Gasteiger partial charge in [0.1, 0.15) is 5.15 Å². The molecule has 0 unspecified atom stereocenters. The lowest BCUT2D eigenvalue weighted by Gasteiger charge is -2.11. The summed E-state index contributed by atoms with van der Waals surface area (Å²) < 4.78 is 37.2. The lowest BCUT2D eigenvalue weighted by Crippen LogP contribution is -2.13. The number of halogens is 1. The summed E-state index contributed by atoms with van der Waals surface area (Å²) in [6, 6.07) is 7.24. The van der Waals surface area contributed by atoms with Crippen molar-refractivity contribution in [3.8, 4) is 11.5 Å². The van der Waals surface area contributed by atoms with E-state index < -0.39 is 10.0 Å². The minimum Gasteiger partial charge on any atom is -0.493 e. The second-order valence-electron chi connectivity index (χ2n) is 3.99. The average molecular weight is 329 g/mol. The Hall–Kier alpha value is -1.99. The molecule has 0 amide bonds. The number of hydrogen-bond donors (Lipinski definition) is 1. The van der Waals surface area contributed by atoms with Crippen molar-refractivity contribution in [1.82, 2.24) is 4.98 Å². The van der Waals surface area contributed by atoms with E-state index in [0.29, 0.717) is 17.2 Å². The van der Waals surface area contributed by atoms with Gasteiger partial charge in [-0.15, -0.1) is 0 Å². The van der Waals surface area contributed by atoms with E-state index in [4.69, 9.17) is 21.1 Å². The maximum atomic E-state index is 12.3. The minimum atomic E-state index is -3.76. The van der Waals surface area contributed by atoms with Crippen LogP contribution in [-0.4, -0.2) is 27.6 Å². The van der Waals surface area contributed by atoms with Gasteiger partial charge in [0.15, 0.2) is 11.5 Å². The smallest absolute Gasteiger partial charge is 0.262 e. The highest BCUT2D eigenvalue weighted by atomic mass is 35.5. The Labute approximate surface area is 127 Å². The van der Waals surface area contributed by atoms with E-state index in [1.54, 1.807) is 0 Å². The molecule has 0 bridgehead atoms. The van der Waals surface area contributed by atoms with Gasteiger partial charge in [-0.3, -0.25) is 4.72 Å². The number of benzene rings is 1. The molecular formula is C13H13ClN2O4S. The first-order chi connectivity index (χ1) is 9.96. The third kappa shape index (κ3) is 3.56. The van der Waals surface area contributed by atoms with Gasteiger partial charge >= 0.3 is 0 Å². The van der Waals surface area contributed by atoms with Crippen LogP contribution in [0.15, 0.2) is 41.4 Å². The van der Waals surface area contributed by atoms with Crippen LogP contribution in [0.2, 0.25) is 5.15 Å². The first-order valence-corrected chi connectivity index (χ1v) is 7.69. The van der Waals surface area contributed by atoms with Gasteiger partial charge in [0.25, 0.3) is 10.0 Å². The zero-order valence-electron chi connectivity index (χ0n) is 11.3. The van der Waals surface area contributed by atoms with Crippen molar-refractivity contribution >= 4 is 27.3 Å². The summed E-state index contributed by atoms with van der Waals surface area (Å²) in [6.07, 6.45) is 1.41. The van der Waals surface area contributed by atoms with Gasteiger partial charge in [-0.05, 0) is 24.3 Å². The summed E-state index contributed by atoms with van der Waals surface area (Å²) in [4.78, 5) is 3.84. The summed E-state index contributed by atoms with van der Waals surface area (Å²) in [7, 11) is -0.849. The molecule has 6 nitrogen and oxygen atoms in total. The Morgan fingerprint density at radius 3 is 2.43 bits per heavy atom. The maximum absolute atomic E-state index is 12.3. The zero-order valence-corrected chi connectivity index (χ0v) is 12.9. The second-order valence-corrected chi connectivity index (χ2v) is 6.06. The molecule has 1 aromatic carbocycles. The number of aromatic nitrogens is 1. The highest BCUT2D eigenvalue weighted by Gasteiger charge is 2.17. The van der Waals surface area contributed by atoms with Crippen molar-refractivity contribution in [1.29, 1.82) is 0 Å². The fourth-order valence-electron chi connectivity index (χ4n) is 1.66. The summed E-state index contributed by atoms with van der Waals surface area (Å²) in [5, 5.41) is 0.197. The lowest BCUT2D eigenvalue weighted by atomic mass is 10.3. The molecule has 1 N–H and O–H groups in total. The van der Waals surface area contributed by atoms with Crippen molar-refractivity contribution in [2.45, 2.75) is 4.90 Å². The van der Waals surface area contributed by atoms with E-state index in [1.807, 2.05) is 0 Å². The molecule has 8 heteroatoms. The molecule has 0 aliphatic rings. The number of hydrogen-bond acceptors (Lipinski definition) is 5. The van der Waals surface area contributed by atoms with Crippen molar-refractivity contribution in [2.75, 3.05) is 18.9 Å². The Bertz CT molecular complexity index is 750. The van der Waals surface area contributed by atoms with E-state index in [2.05, 4.69) is 9.71 Å². The lowest BCUT2D eigenvalue weighted by molar-refractivity contribution is 0.354. The number of methoxy groups -OCH3 is 2. The molecule has 1 heterocycles. The predicted octanol–water partition coefficient (Wildman–Crippen LogP) is 2.55. The number of anilines is 1. The fraction of sp³-hybridized carbons (Fsp3) is 0.154. The number of ether oxygens (including phenoxy) is 2. The SMILES string of the molecule is COc1ccc(S(=O)(=O)Nc2ccnc(Cl)c2)cc1OC. The summed E-state index contributed by atoms with van der Waals surface area (Å²) in [5.74, 6) is 0.775. The molecule has 0 aliphatic carbocycles. The van der Waals surface area contributed by atoms with Crippen molar-refractivity contribution in [3.05, 3.63) is 41.7 Å². The Morgan fingerprint density at radius 1 is 1.10 bits per heavy atom. The first-order valence-electron chi connectivity index (χ1n) is 5.82. The largest absolute Gasteiger partial charge is 0.493 e. The van der Waals surface area contributed by atoms with Crippen LogP contribution in [0.25, 0.3) is 0 Å². The molecule has 0 atom stereocenters. The molecule has 0 aliphatic heterocycles. The van der Waals surface area contributed by atoms with Crippen LogP contribution in [0.4, 0.5) is 5.69 Å². The van der Waals surface area contributed by atoms with E-state index >= 15 is 0 Å². The summed E-state index contributed by atoms with van der Waals surface area (Å²) in [6.45, 7) is 0. The fourth-order valence-corrected chi connectivity index (χ4v) is 2.90. The van der Waals surface area contributed by atoms with E-state index in [1.165, 1.54) is 50.7 Å². The topological polar surface area (TPSA) is 77.5 Å². The molecule has 2 aromatic rings. The molecule has 0 radical (unpaired) electrons. The van der Waals surface area contributed by atoms with Crippen LogP contribution in [0.1, 0.15) is 0 Å². The number of nitrogens with zero attached hydrogens (tertiary/aromatic N) is 1. The monoisotopic (exact) mass is 328 g/mol. The minimum absolute atomic E-state index is 0.0492. The van der Waals surface area contributed by atoms with Gasteiger partial charge < -0.3 is 9.47 Å². The number of pyridine rings is 1. The molecule has 112 valence electrons. The number of sulfonamides is 1. The molecule has 1 aromatic heterocycles. The highest BCUT2D eigenvalue weighted by molar-refractivity contribution is 7.92. The standard InChI is InChI=1S/C13H13ClN2O4S/c1-19-11-4-3-10(8-12(11)20-2)21(17,18)16-9-5-6-15-13(14)7-9/h3-8H,1-2H3,(H,15,16). The summed E-state index contributed by atoms with van der Waals surface area (Å²) in [5.41, 5.74) is 0.324. The van der Waals surface area contributed by atoms with Gasteiger partial charge in [0.2, 0.25) is 0 Å². The third-order valence-corrected chi connectivity index (χ3v) is 4.23. The molecule has 0 fully saturated rings. The molecule has 2 rings (SSSR count). The van der Waals surface area contributed by atoms with Crippen LogP contribution in [0.3, 0.4) is 0 Å². The van der Waals surface area contributed by atoms with Crippen molar-refractivity contribution in [2.24, 2.45) is 0 Å². The van der Waals surface area contributed by atoms with Gasteiger partial charge in [0.05, 0.1) is 24.8 Å². The van der Waals surface area contributed by atoms with Crippen molar-refractivity contribution < 1.29 is 17.9 Å². The Morgan fingerprint density at radius 2 is 1.81 bits per heavy atom. The van der Waals surface area contributed by atoms with Crippen LogP contribution in [-0.2, 0) is 10.0 Å². The molecule has 0 saturated carbocycles. The van der Waals surface area contributed by atoms with Crippen LogP contribution in [0.5, 0.6) is 11.5 Å². The van der Waals surface area contributed by atoms with E-state index in [-0.39, 0.29) is 10.0 Å². The van der Waals surface area contributed by atoms with Crippen LogP contribution >= 0.6 is 11.6 Å². The predicted molar refractivity (Wildman–Crippen MR) is 79.6 cm³/mol. The van der Waals surface area contributed by atoms with E-state index in [0.717, 1.165) is 0 Å². The van der Waals surface area contributed by atoms with Crippen LogP contribution < -0.4 is 14.2 Å². The first kappa shape index (κ1) is 15.4. The van der Waals surface area contributed by atoms with Gasteiger partial charge in [-0.25, -0.2) is 13.4 Å². The Balaban J connectivity index is 2.35. The number of nitrogens with one attached hydrogen (secondary N) is 1. The normalized spacial score (nSPS) is 11.0. The van der Waals surface area contributed by atoms with Gasteiger partial charge in [0, 0.05) is 12.3 Å². The van der Waals surface area contributed by atoms with Gasteiger partial charge in [-0.1, -0.05) is 11.6 Å². The maximum Gasteiger partial charge on any atom is 0.262 e. The summed E-state index contributed by atoms with van der Waals surface area (Å²) >= 11 is 5.72. The molecule has 0 spiro atoms. The zero-order chi connectivity index (χ0) is 15.5. The van der Waals surface area contributed by atoms with Crippen LogP contribution in [0, 0.1) is 0 Å². The second kappa shape index (κ2) is 6.19. The third-order valence-electron chi connectivity index (χ3n) is 2.64. The average Bonchev–Trinajstić information content (AvgIpc) is 2.46. The van der Waals surface area contributed by atoms with Gasteiger partial charge in [-0.2, -0.15) is 0 Å². The number of rotatable bonds is 5. The highest BCUT2D eigenvalue weighted by Crippen LogP contribution is 2.30. The molecule has 0 saturated heterocycles. The quantitative estimate of drug-likeness (QED) is 0.853. The molecular weight excluding hydrogens is 316 g/mol. The molecule has 21 heavy (non-hydrogen) atoms. The van der Waals surface area contributed by atoms with Crippen molar-refractivity contribution in [3.63, 3.8) is 0 Å².